The molecule has 0 aliphatic carbocycles. The Labute approximate surface area is 137 Å². The number of likely N-dealkylation sites (N-methyl/N-ethyl adjacent to an activating group) is 1. The van der Waals surface area contributed by atoms with E-state index in [1.54, 1.807) is 12.1 Å². The van der Waals surface area contributed by atoms with Crippen LogP contribution in [0.1, 0.15) is 19.7 Å². The lowest BCUT2D eigenvalue weighted by Gasteiger charge is -2.33. The Morgan fingerprint density at radius 3 is 2.60 bits per heavy atom. The van der Waals surface area contributed by atoms with Crippen LogP contribution in [0.15, 0.2) is 12.1 Å². The number of hydrogen-bond donors (Lipinski definition) is 0. The molecule has 1 aromatic carbocycles. The van der Waals surface area contributed by atoms with Crippen molar-refractivity contribution in [1.29, 1.82) is 0 Å². The van der Waals surface area contributed by atoms with Gasteiger partial charge in [0.2, 0.25) is 0 Å². The van der Waals surface area contributed by atoms with Crippen molar-refractivity contribution in [2.45, 2.75) is 31.8 Å². The third-order valence-corrected chi connectivity index (χ3v) is 4.81. The highest BCUT2D eigenvalue weighted by Gasteiger charge is 2.24. The van der Waals surface area contributed by atoms with E-state index >= 15 is 0 Å². The third kappa shape index (κ3) is 2.94. The maximum Gasteiger partial charge on any atom is 0.138 e. The molecule has 0 amide bonds. The van der Waals surface area contributed by atoms with E-state index in [-0.39, 0.29) is 11.4 Å². The number of nitrogens with zero attached hydrogens (tertiary/aromatic N) is 3. The van der Waals surface area contributed by atoms with Crippen LogP contribution in [0.2, 0.25) is 0 Å². The molecule has 0 spiro atoms. The van der Waals surface area contributed by atoms with Gasteiger partial charge in [-0.15, -0.1) is 11.6 Å². The molecule has 110 valence electrons. The molecule has 0 N–H and O–H groups in total. The second-order valence-corrected chi connectivity index (χ2v) is 7.14. The fraction of sp³-hybridized carbons (Fsp3) is 0.500. The Hall–Kier alpha value is -0.400. The molecule has 0 bridgehead atoms. The number of fused-ring (bicyclic) bond motifs is 1. The van der Waals surface area contributed by atoms with Gasteiger partial charge in [0.05, 0.1) is 20.5 Å². The summed E-state index contributed by atoms with van der Waals surface area (Å²) in [5, 5.41) is 0. The summed E-state index contributed by atoms with van der Waals surface area (Å²) in [5.74, 6) is 0.872. The molecule has 0 radical (unpaired) electrons. The minimum atomic E-state index is -0.219. The van der Waals surface area contributed by atoms with Crippen LogP contribution in [-0.4, -0.2) is 34.1 Å². The zero-order valence-electron chi connectivity index (χ0n) is 12.0. The first-order valence-electron chi connectivity index (χ1n) is 6.34. The highest BCUT2D eigenvalue weighted by molar-refractivity contribution is 14.1. The van der Waals surface area contributed by atoms with Gasteiger partial charge in [-0.25, -0.2) is 9.37 Å². The second kappa shape index (κ2) is 5.77. The van der Waals surface area contributed by atoms with E-state index in [4.69, 9.17) is 11.6 Å². The maximum atomic E-state index is 13.8. The fourth-order valence-electron chi connectivity index (χ4n) is 1.98. The van der Waals surface area contributed by atoms with Crippen molar-refractivity contribution in [2.75, 3.05) is 14.1 Å². The van der Waals surface area contributed by atoms with Gasteiger partial charge in [-0.05, 0) is 56.6 Å². The van der Waals surface area contributed by atoms with Crippen LogP contribution < -0.4 is 0 Å². The van der Waals surface area contributed by atoms with Crippen molar-refractivity contribution in [1.82, 2.24) is 14.5 Å². The minimum Gasteiger partial charge on any atom is -0.325 e. The molecule has 2 aromatic rings. The second-order valence-electron chi connectivity index (χ2n) is 5.71. The first kappa shape index (κ1) is 16.0. The highest BCUT2D eigenvalue weighted by Crippen LogP contribution is 2.25. The van der Waals surface area contributed by atoms with Crippen molar-refractivity contribution >= 4 is 45.2 Å². The van der Waals surface area contributed by atoms with Crippen molar-refractivity contribution in [3.8, 4) is 0 Å². The SMILES string of the molecule is CN(C)C(C)(C)Cn1c(CCl)nc2cc(I)c(F)cc21. The molecule has 6 heteroatoms. The lowest BCUT2D eigenvalue weighted by Crippen LogP contribution is -2.42. The van der Waals surface area contributed by atoms with Crippen molar-refractivity contribution in [2.24, 2.45) is 0 Å². The van der Waals surface area contributed by atoms with E-state index in [2.05, 4.69) is 23.7 Å². The zero-order chi connectivity index (χ0) is 15.1. The van der Waals surface area contributed by atoms with Crippen LogP contribution in [0, 0.1) is 9.39 Å². The van der Waals surface area contributed by atoms with Crippen LogP contribution in [-0.2, 0) is 12.4 Å². The molecule has 0 fully saturated rings. The van der Waals surface area contributed by atoms with Gasteiger partial charge in [0, 0.05) is 18.2 Å². The summed E-state index contributed by atoms with van der Waals surface area (Å²) in [4.78, 5) is 6.66. The quantitative estimate of drug-likeness (QED) is 0.565. The predicted octanol–water partition coefficient (Wildman–Crippen LogP) is 3.86. The van der Waals surface area contributed by atoms with Crippen LogP contribution in [0.5, 0.6) is 0 Å². The normalized spacial score (nSPS) is 12.6. The summed E-state index contributed by atoms with van der Waals surface area (Å²) < 4.78 is 16.4. The van der Waals surface area contributed by atoms with E-state index in [0.29, 0.717) is 16.0 Å². The standard InChI is InChI=1S/C14H18ClFIN3/c1-14(2,19(3)4)8-20-12-5-9(16)10(17)6-11(12)18-13(20)7-15/h5-6H,7-8H2,1-4H3. The number of halogens is 3. The molecule has 0 aliphatic heterocycles. The number of imidazole rings is 1. The van der Waals surface area contributed by atoms with Crippen molar-refractivity contribution in [3.05, 3.63) is 27.3 Å². The number of hydrogen-bond acceptors (Lipinski definition) is 2. The molecular formula is C14H18ClFIN3. The van der Waals surface area contributed by atoms with Crippen LogP contribution in [0.3, 0.4) is 0 Å². The van der Waals surface area contributed by atoms with Gasteiger partial charge in [0.1, 0.15) is 11.6 Å². The molecular weight excluding hydrogens is 392 g/mol. The van der Waals surface area contributed by atoms with Gasteiger partial charge in [-0.1, -0.05) is 0 Å². The summed E-state index contributed by atoms with van der Waals surface area (Å²) in [6, 6.07) is 3.31. The Balaban J connectivity index is 2.59. The number of aromatic nitrogens is 2. The monoisotopic (exact) mass is 409 g/mol. The van der Waals surface area contributed by atoms with Gasteiger partial charge < -0.3 is 9.47 Å². The lowest BCUT2D eigenvalue weighted by atomic mass is 10.0. The number of rotatable bonds is 4. The van der Waals surface area contributed by atoms with Gasteiger partial charge >= 0.3 is 0 Å². The largest absolute Gasteiger partial charge is 0.325 e. The van der Waals surface area contributed by atoms with Crippen LogP contribution in [0.25, 0.3) is 11.0 Å². The summed E-state index contributed by atoms with van der Waals surface area (Å²) in [6.07, 6.45) is 0. The van der Waals surface area contributed by atoms with Crippen molar-refractivity contribution in [3.63, 3.8) is 0 Å². The minimum absolute atomic E-state index is 0.0755. The molecule has 1 heterocycles. The summed E-state index contributed by atoms with van der Waals surface area (Å²) >= 11 is 7.98. The smallest absolute Gasteiger partial charge is 0.138 e. The predicted molar refractivity (Wildman–Crippen MR) is 89.7 cm³/mol. The third-order valence-electron chi connectivity index (χ3n) is 3.74. The van der Waals surface area contributed by atoms with E-state index in [0.717, 1.165) is 16.9 Å². The molecule has 0 saturated heterocycles. The first-order chi connectivity index (χ1) is 9.26. The maximum absolute atomic E-state index is 13.8. The summed E-state index contributed by atoms with van der Waals surface area (Å²) in [7, 11) is 4.06. The Kier molecular flexibility index (Phi) is 4.61. The molecule has 1 aromatic heterocycles. The number of benzene rings is 1. The van der Waals surface area contributed by atoms with E-state index < -0.39 is 0 Å². The highest BCUT2D eigenvalue weighted by atomic mass is 127. The number of alkyl halides is 1. The first-order valence-corrected chi connectivity index (χ1v) is 7.95. The zero-order valence-corrected chi connectivity index (χ0v) is 15.0. The Bertz CT molecular complexity index is 637. The molecule has 0 unspecified atom stereocenters. The summed E-state index contributed by atoms with van der Waals surface area (Å²) in [5.41, 5.74) is 1.52. The van der Waals surface area contributed by atoms with Gasteiger partial charge in [-0.3, -0.25) is 0 Å². The van der Waals surface area contributed by atoms with Crippen molar-refractivity contribution < 1.29 is 4.39 Å². The average Bonchev–Trinajstić information content (AvgIpc) is 2.67. The Morgan fingerprint density at radius 1 is 1.40 bits per heavy atom. The van der Waals surface area contributed by atoms with E-state index in [1.165, 1.54) is 0 Å². The van der Waals surface area contributed by atoms with Crippen LogP contribution in [0.4, 0.5) is 4.39 Å². The van der Waals surface area contributed by atoms with E-state index in [1.807, 2.05) is 41.3 Å². The molecule has 0 aliphatic rings. The molecule has 0 saturated carbocycles. The average molecular weight is 410 g/mol. The van der Waals surface area contributed by atoms with Gasteiger partial charge in [0.25, 0.3) is 0 Å². The molecule has 3 nitrogen and oxygen atoms in total. The summed E-state index contributed by atoms with van der Waals surface area (Å²) in [6.45, 7) is 4.98. The van der Waals surface area contributed by atoms with Gasteiger partial charge in [-0.2, -0.15) is 0 Å². The molecule has 0 atom stereocenters. The topological polar surface area (TPSA) is 21.1 Å². The lowest BCUT2D eigenvalue weighted by molar-refractivity contribution is 0.170. The van der Waals surface area contributed by atoms with Gasteiger partial charge in [0.15, 0.2) is 0 Å². The fourth-order valence-corrected chi connectivity index (χ4v) is 2.63. The Morgan fingerprint density at radius 2 is 2.05 bits per heavy atom. The molecule has 20 heavy (non-hydrogen) atoms. The van der Waals surface area contributed by atoms with Crippen LogP contribution >= 0.6 is 34.2 Å². The van der Waals surface area contributed by atoms with E-state index in [9.17, 15) is 4.39 Å². The molecule has 2 rings (SSSR count).